The molecular formula is C25H26N6O2S. The summed E-state index contributed by atoms with van der Waals surface area (Å²) in [6, 6.07) is 11.1. The van der Waals surface area contributed by atoms with E-state index < -0.39 is 0 Å². The molecule has 4 rings (SSSR count). The van der Waals surface area contributed by atoms with Crippen molar-refractivity contribution in [1.82, 2.24) is 24.7 Å². The van der Waals surface area contributed by atoms with Crippen LogP contribution in [0, 0.1) is 6.92 Å². The van der Waals surface area contributed by atoms with Gasteiger partial charge in [-0.25, -0.2) is 15.0 Å². The Balaban J connectivity index is 1.42. The third-order valence-corrected chi connectivity index (χ3v) is 5.65. The van der Waals surface area contributed by atoms with E-state index in [2.05, 4.69) is 46.1 Å². The van der Waals surface area contributed by atoms with Crippen LogP contribution in [-0.4, -0.2) is 30.6 Å². The maximum absolute atomic E-state index is 12.6. The van der Waals surface area contributed by atoms with Crippen LogP contribution in [0.25, 0.3) is 12.0 Å². The number of anilines is 1. The van der Waals surface area contributed by atoms with E-state index in [4.69, 9.17) is 4.74 Å². The highest BCUT2D eigenvalue weighted by Crippen LogP contribution is 2.25. The smallest absolute Gasteiger partial charge is 0.252 e. The summed E-state index contributed by atoms with van der Waals surface area (Å²) in [4.78, 5) is 25.5. The van der Waals surface area contributed by atoms with Gasteiger partial charge in [0.2, 0.25) is 5.91 Å². The molecule has 0 unspecified atom stereocenters. The molecule has 8 nitrogen and oxygen atoms in total. The predicted octanol–water partition coefficient (Wildman–Crippen LogP) is 4.96. The van der Waals surface area contributed by atoms with E-state index >= 15 is 0 Å². The van der Waals surface area contributed by atoms with Crippen molar-refractivity contribution in [3.05, 3.63) is 82.2 Å². The summed E-state index contributed by atoms with van der Waals surface area (Å²) < 4.78 is 7.31. The van der Waals surface area contributed by atoms with Gasteiger partial charge in [0, 0.05) is 35.3 Å². The lowest BCUT2D eigenvalue weighted by Crippen LogP contribution is -2.14. The number of amides is 1. The van der Waals surface area contributed by atoms with Crippen LogP contribution in [0.5, 0.6) is 5.75 Å². The molecule has 34 heavy (non-hydrogen) atoms. The van der Waals surface area contributed by atoms with Gasteiger partial charge in [-0.15, -0.1) is 11.3 Å². The summed E-state index contributed by atoms with van der Waals surface area (Å²) >= 11 is 1.60. The molecule has 0 spiro atoms. The Labute approximate surface area is 202 Å². The first-order chi connectivity index (χ1) is 16.3. The van der Waals surface area contributed by atoms with Gasteiger partial charge in [-0.3, -0.25) is 4.79 Å². The number of aryl methyl sites for hydroxylation is 1. The van der Waals surface area contributed by atoms with Crippen LogP contribution >= 0.6 is 11.3 Å². The van der Waals surface area contributed by atoms with Crippen molar-refractivity contribution in [2.75, 3.05) is 5.32 Å². The minimum Gasteiger partial charge on any atom is -0.487 e. The second-order valence-corrected chi connectivity index (χ2v) is 9.73. The quantitative estimate of drug-likeness (QED) is 0.381. The fourth-order valence-corrected chi connectivity index (χ4v) is 3.63. The molecule has 0 atom stereocenters. The zero-order chi connectivity index (χ0) is 24.1. The summed E-state index contributed by atoms with van der Waals surface area (Å²) in [6.45, 7) is 8.57. The Kier molecular flexibility index (Phi) is 6.83. The summed E-state index contributed by atoms with van der Waals surface area (Å²) in [5.74, 6) is 1.36. The lowest BCUT2D eigenvalue weighted by atomic mass is 9.92. The predicted molar refractivity (Wildman–Crippen MR) is 133 cm³/mol. The Morgan fingerprint density at radius 3 is 2.56 bits per heavy atom. The average Bonchev–Trinajstić information content (AvgIpc) is 3.43. The highest BCUT2D eigenvalue weighted by Gasteiger charge is 2.22. The molecule has 0 saturated heterocycles. The van der Waals surface area contributed by atoms with Crippen LogP contribution in [0.3, 0.4) is 0 Å². The molecule has 0 fully saturated rings. The number of aromatic nitrogens is 5. The lowest BCUT2D eigenvalue weighted by Gasteiger charge is -2.13. The van der Waals surface area contributed by atoms with Crippen molar-refractivity contribution in [2.24, 2.45) is 0 Å². The van der Waals surface area contributed by atoms with Crippen LogP contribution in [0.1, 0.15) is 42.7 Å². The molecule has 1 aromatic carbocycles. The van der Waals surface area contributed by atoms with Gasteiger partial charge >= 0.3 is 0 Å². The van der Waals surface area contributed by atoms with Crippen molar-refractivity contribution in [1.29, 1.82) is 0 Å². The Hall–Kier alpha value is -3.85. The SMILES string of the molecule is Cc1nc(COc2ccc(/C=C/C(=O)Nc3cc(C(C)(C)C)nn3-c3ncccn3)cc2)cs1. The minimum absolute atomic E-state index is 0.197. The van der Waals surface area contributed by atoms with E-state index in [1.54, 1.807) is 40.6 Å². The number of benzene rings is 1. The normalized spacial score (nSPS) is 11.6. The number of nitrogens with one attached hydrogen (secondary N) is 1. The number of carbonyl (C=O) groups is 1. The van der Waals surface area contributed by atoms with E-state index in [1.807, 2.05) is 42.6 Å². The summed E-state index contributed by atoms with van der Waals surface area (Å²) in [5, 5.41) is 10.5. The van der Waals surface area contributed by atoms with Crippen molar-refractivity contribution >= 4 is 29.1 Å². The summed E-state index contributed by atoms with van der Waals surface area (Å²) in [7, 11) is 0. The van der Waals surface area contributed by atoms with Gasteiger partial charge in [0.05, 0.1) is 16.4 Å². The number of hydrogen-bond donors (Lipinski definition) is 1. The van der Waals surface area contributed by atoms with E-state index in [1.165, 1.54) is 6.08 Å². The second kappa shape index (κ2) is 9.96. The van der Waals surface area contributed by atoms with Gasteiger partial charge in [-0.2, -0.15) is 9.78 Å². The number of rotatable bonds is 7. The van der Waals surface area contributed by atoms with Crippen LogP contribution < -0.4 is 10.1 Å². The zero-order valence-electron chi connectivity index (χ0n) is 19.5. The van der Waals surface area contributed by atoms with Crippen molar-refractivity contribution < 1.29 is 9.53 Å². The number of hydrogen-bond acceptors (Lipinski definition) is 7. The molecule has 1 amide bonds. The van der Waals surface area contributed by atoms with Gasteiger partial charge in [0.15, 0.2) is 0 Å². The average molecular weight is 475 g/mol. The molecule has 1 N–H and O–H groups in total. The first-order valence-electron chi connectivity index (χ1n) is 10.8. The number of carbonyl (C=O) groups excluding carboxylic acids is 1. The zero-order valence-corrected chi connectivity index (χ0v) is 20.3. The first kappa shape index (κ1) is 23.3. The van der Waals surface area contributed by atoms with Gasteiger partial charge in [0.25, 0.3) is 5.95 Å². The van der Waals surface area contributed by atoms with E-state index in [0.717, 1.165) is 27.7 Å². The topological polar surface area (TPSA) is 94.8 Å². The Morgan fingerprint density at radius 1 is 1.18 bits per heavy atom. The largest absolute Gasteiger partial charge is 0.487 e. The maximum Gasteiger partial charge on any atom is 0.252 e. The standard InChI is InChI=1S/C25H26N6O2S/c1-17-28-19(16-34-17)15-33-20-9-6-18(7-10-20)8-11-23(32)29-22-14-21(25(2,3)4)30-31(22)24-26-12-5-13-27-24/h5-14,16H,15H2,1-4H3,(H,29,32)/b11-8+. The van der Waals surface area contributed by atoms with E-state index in [9.17, 15) is 4.79 Å². The molecule has 0 aliphatic carbocycles. The molecule has 0 saturated carbocycles. The first-order valence-corrected chi connectivity index (χ1v) is 11.7. The molecular weight excluding hydrogens is 448 g/mol. The van der Waals surface area contributed by atoms with Crippen LogP contribution in [0.2, 0.25) is 0 Å². The molecule has 9 heteroatoms. The molecule has 0 bridgehead atoms. The molecule has 3 heterocycles. The number of nitrogens with zero attached hydrogens (tertiary/aromatic N) is 5. The fraction of sp³-hybridized carbons (Fsp3) is 0.240. The highest BCUT2D eigenvalue weighted by atomic mass is 32.1. The maximum atomic E-state index is 12.6. The monoisotopic (exact) mass is 474 g/mol. The third-order valence-electron chi connectivity index (χ3n) is 4.83. The third kappa shape index (κ3) is 5.93. The Bertz CT molecular complexity index is 1290. The Morgan fingerprint density at radius 2 is 1.91 bits per heavy atom. The molecule has 0 aliphatic rings. The van der Waals surface area contributed by atoms with Crippen LogP contribution in [-0.2, 0) is 16.8 Å². The van der Waals surface area contributed by atoms with Gasteiger partial charge < -0.3 is 10.1 Å². The van der Waals surface area contributed by atoms with Crippen molar-refractivity contribution in [3.63, 3.8) is 0 Å². The van der Waals surface area contributed by atoms with Crippen LogP contribution in [0.4, 0.5) is 5.82 Å². The van der Waals surface area contributed by atoms with Gasteiger partial charge in [-0.05, 0) is 36.8 Å². The van der Waals surface area contributed by atoms with Crippen LogP contribution in [0.15, 0.2) is 60.2 Å². The summed E-state index contributed by atoms with van der Waals surface area (Å²) in [5.41, 5.74) is 2.42. The molecule has 0 radical (unpaired) electrons. The molecule has 4 aromatic rings. The van der Waals surface area contributed by atoms with Crippen molar-refractivity contribution in [2.45, 2.75) is 39.7 Å². The molecule has 3 aromatic heterocycles. The van der Waals surface area contributed by atoms with E-state index in [0.29, 0.717) is 18.4 Å². The molecule has 174 valence electrons. The second-order valence-electron chi connectivity index (χ2n) is 8.66. The minimum atomic E-state index is -0.281. The summed E-state index contributed by atoms with van der Waals surface area (Å²) in [6.07, 6.45) is 6.50. The van der Waals surface area contributed by atoms with Gasteiger partial charge in [-0.1, -0.05) is 32.9 Å². The fourth-order valence-electron chi connectivity index (χ4n) is 3.04. The lowest BCUT2D eigenvalue weighted by molar-refractivity contribution is -0.111. The van der Waals surface area contributed by atoms with E-state index in [-0.39, 0.29) is 11.3 Å². The van der Waals surface area contributed by atoms with Gasteiger partial charge in [0.1, 0.15) is 18.2 Å². The number of thiazole rings is 1. The number of ether oxygens (including phenoxy) is 1. The highest BCUT2D eigenvalue weighted by molar-refractivity contribution is 7.09. The van der Waals surface area contributed by atoms with Crippen molar-refractivity contribution in [3.8, 4) is 11.7 Å². The molecule has 0 aliphatic heterocycles.